The van der Waals surface area contributed by atoms with Gasteiger partial charge in [0.25, 0.3) is 11.8 Å². The number of carbonyl (C=O) groups excluding carboxylic acids is 2. The first-order valence-electron chi connectivity index (χ1n) is 10.4. The molecular weight excluding hydrogens is 543 g/mol. The molecule has 188 valence electrons. The topological polar surface area (TPSA) is 89.0 Å². The first-order valence-corrected chi connectivity index (χ1v) is 11.2. The second kappa shape index (κ2) is 11.7. The van der Waals surface area contributed by atoms with E-state index in [1.165, 1.54) is 19.4 Å². The molecule has 0 aliphatic rings. The first-order chi connectivity index (χ1) is 17.1. The number of methoxy groups -OCH3 is 1. The molecule has 0 aliphatic heterocycles. The maximum atomic E-state index is 12.8. The van der Waals surface area contributed by atoms with Crippen molar-refractivity contribution in [1.82, 2.24) is 5.43 Å². The van der Waals surface area contributed by atoms with Crippen molar-refractivity contribution in [1.29, 1.82) is 0 Å². The van der Waals surface area contributed by atoms with Gasteiger partial charge in [-0.05, 0) is 70.9 Å². The Labute approximate surface area is 213 Å². The number of hydrogen-bond acceptors (Lipinski definition) is 5. The number of hydrogen-bond donors (Lipinski definition) is 2. The van der Waals surface area contributed by atoms with E-state index >= 15 is 0 Å². The number of anilines is 1. The number of alkyl halides is 3. The number of nitrogens with one attached hydrogen (secondary N) is 2. The largest absolute Gasteiger partial charge is 0.493 e. The van der Waals surface area contributed by atoms with Crippen LogP contribution in [0.15, 0.2) is 70.2 Å². The minimum Gasteiger partial charge on any atom is -0.493 e. The van der Waals surface area contributed by atoms with Crippen molar-refractivity contribution in [2.24, 2.45) is 5.10 Å². The van der Waals surface area contributed by atoms with E-state index in [2.05, 4.69) is 31.8 Å². The summed E-state index contributed by atoms with van der Waals surface area (Å²) in [6.45, 7) is 1.67. The molecule has 11 heteroatoms. The summed E-state index contributed by atoms with van der Waals surface area (Å²) in [4.78, 5) is 24.4. The lowest BCUT2D eigenvalue weighted by Gasteiger charge is -2.13. The van der Waals surface area contributed by atoms with Gasteiger partial charge in [0.2, 0.25) is 0 Å². The van der Waals surface area contributed by atoms with Crippen LogP contribution in [0, 0.1) is 6.92 Å². The highest BCUT2D eigenvalue weighted by atomic mass is 79.9. The number of amides is 2. The van der Waals surface area contributed by atoms with Gasteiger partial charge >= 0.3 is 6.18 Å². The quantitative estimate of drug-likeness (QED) is 0.277. The molecular formula is C25H21BrF3N3O4. The fourth-order valence-electron chi connectivity index (χ4n) is 2.99. The van der Waals surface area contributed by atoms with E-state index in [0.29, 0.717) is 15.7 Å². The molecule has 0 saturated carbocycles. The number of ether oxygens (including phenoxy) is 2. The van der Waals surface area contributed by atoms with Crippen LogP contribution in [0.1, 0.15) is 27.0 Å². The average Bonchev–Trinajstić information content (AvgIpc) is 2.84. The Morgan fingerprint density at radius 1 is 1.08 bits per heavy atom. The molecule has 2 amide bonds. The molecule has 36 heavy (non-hydrogen) atoms. The number of halogens is 4. The Balaban J connectivity index is 1.63. The zero-order valence-electron chi connectivity index (χ0n) is 19.2. The van der Waals surface area contributed by atoms with Crippen molar-refractivity contribution < 1.29 is 32.2 Å². The summed E-state index contributed by atoms with van der Waals surface area (Å²) in [5.74, 6) is -0.599. The van der Waals surface area contributed by atoms with Crippen LogP contribution in [-0.2, 0) is 11.0 Å². The lowest BCUT2D eigenvalue weighted by atomic mass is 10.1. The molecule has 3 aromatic rings. The molecule has 0 bridgehead atoms. The lowest BCUT2D eigenvalue weighted by molar-refractivity contribution is -0.137. The lowest BCUT2D eigenvalue weighted by Crippen LogP contribution is -2.20. The van der Waals surface area contributed by atoms with E-state index in [1.807, 2.05) is 19.1 Å². The smallest absolute Gasteiger partial charge is 0.416 e. The molecule has 2 N–H and O–H groups in total. The van der Waals surface area contributed by atoms with Crippen LogP contribution < -0.4 is 20.2 Å². The summed E-state index contributed by atoms with van der Waals surface area (Å²) in [6, 6.07) is 14.5. The minimum atomic E-state index is -4.56. The van der Waals surface area contributed by atoms with E-state index < -0.39 is 17.6 Å². The van der Waals surface area contributed by atoms with Crippen molar-refractivity contribution in [3.8, 4) is 11.5 Å². The predicted molar refractivity (Wildman–Crippen MR) is 133 cm³/mol. The summed E-state index contributed by atoms with van der Waals surface area (Å²) in [6.07, 6.45) is -3.28. The van der Waals surface area contributed by atoms with Gasteiger partial charge in [0, 0.05) is 11.3 Å². The molecule has 0 heterocycles. The van der Waals surface area contributed by atoms with E-state index in [4.69, 9.17) is 9.47 Å². The molecule has 0 aromatic heterocycles. The summed E-state index contributed by atoms with van der Waals surface area (Å²) in [7, 11) is 1.41. The number of benzene rings is 3. The zero-order chi connectivity index (χ0) is 26.3. The first kappa shape index (κ1) is 26.7. The van der Waals surface area contributed by atoms with Gasteiger partial charge in [0.15, 0.2) is 18.1 Å². The Bertz CT molecular complexity index is 1280. The molecule has 0 saturated heterocycles. The minimum absolute atomic E-state index is 0.187. The summed E-state index contributed by atoms with van der Waals surface area (Å²) in [5, 5.41) is 6.52. The third kappa shape index (κ3) is 7.32. The average molecular weight is 564 g/mol. The third-order valence-corrected chi connectivity index (χ3v) is 5.36. The van der Waals surface area contributed by atoms with Gasteiger partial charge in [-0.25, -0.2) is 5.43 Å². The number of rotatable bonds is 8. The van der Waals surface area contributed by atoms with Crippen molar-refractivity contribution in [2.75, 3.05) is 19.0 Å². The van der Waals surface area contributed by atoms with Gasteiger partial charge in [-0.2, -0.15) is 18.3 Å². The molecule has 0 fully saturated rings. The fourth-order valence-corrected chi connectivity index (χ4v) is 3.57. The molecule has 0 radical (unpaired) electrons. The Morgan fingerprint density at radius 3 is 2.47 bits per heavy atom. The SMILES string of the molecule is COc1cc(/C=N\NC(=O)c2cccc(C(F)(F)F)c2)cc(Br)c1OCC(=O)Nc1ccc(C)cc1. The highest BCUT2D eigenvalue weighted by molar-refractivity contribution is 9.10. The van der Waals surface area contributed by atoms with Gasteiger partial charge in [-0.1, -0.05) is 23.8 Å². The summed E-state index contributed by atoms with van der Waals surface area (Å²) < 4.78 is 49.9. The van der Waals surface area contributed by atoms with Gasteiger partial charge in [-0.3, -0.25) is 9.59 Å². The van der Waals surface area contributed by atoms with E-state index in [0.717, 1.165) is 23.8 Å². The standard InChI is InChI=1S/C25H21BrF3N3O4/c1-15-6-8-19(9-7-15)31-22(33)14-36-23-20(26)10-16(11-21(23)35-2)13-30-32-24(34)17-4-3-5-18(12-17)25(27,28)29/h3-13H,14H2,1-2H3,(H,31,33)(H,32,34)/b30-13-. The number of nitrogens with zero attached hydrogens (tertiary/aromatic N) is 1. The van der Waals surface area contributed by atoms with Crippen molar-refractivity contribution in [2.45, 2.75) is 13.1 Å². The van der Waals surface area contributed by atoms with Crippen LogP contribution in [0.4, 0.5) is 18.9 Å². The van der Waals surface area contributed by atoms with Crippen LogP contribution in [-0.4, -0.2) is 31.7 Å². The summed E-state index contributed by atoms with van der Waals surface area (Å²) >= 11 is 3.36. The normalized spacial score (nSPS) is 11.3. The Kier molecular flexibility index (Phi) is 8.70. The van der Waals surface area contributed by atoms with Crippen LogP contribution in [0.2, 0.25) is 0 Å². The monoisotopic (exact) mass is 563 g/mol. The zero-order valence-corrected chi connectivity index (χ0v) is 20.7. The molecule has 0 atom stereocenters. The van der Waals surface area contributed by atoms with Crippen LogP contribution in [0.3, 0.4) is 0 Å². The Hall–Kier alpha value is -3.86. The van der Waals surface area contributed by atoms with Crippen LogP contribution >= 0.6 is 15.9 Å². The van der Waals surface area contributed by atoms with Crippen LogP contribution in [0.5, 0.6) is 11.5 Å². The second-order valence-corrected chi connectivity index (χ2v) is 8.37. The molecule has 3 rings (SSSR count). The van der Waals surface area contributed by atoms with Gasteiger partial charge in [0.1, 0.15) is 0 Å². The molecule has 0 unspecified atom stereocenters. The van der Waals surface area contributed by atoms with E-state index in [1.54, 1.807) is 24.3 Å². The number of hydrazone groups is 1. The number of carbonyl (C=O) groups is 2. The maximum Gasteiger partial charge on any atom is 0.416 e. The van der Waals surface area contributed by atoms with Gasteiger partial charge in [0.05, 0.1) is 23.4 Å². The van der Waals surface area contributed by atoms with Crippen LogP contribution in [0.25, 0.3) is 0 Å². The fraction of sp³-hybridized carbons (Fsp3) is 0.160. The third-order valence-electron chi connectivity index (χ3n) is 4.77. The van der Waals surface area contributed by atoms with Gasteiger partial charge in [-0.15, -0.1) is 0 Å². The molecule has 7 nitrogen and oxygen atoms in total. The highest BCUT2D eigenvalue weighted by Crippen LogP contribution is 2.36. The van der Waals surface area contributed by atoms with E-state index in [-0.39, 0.29) is 29.6 Å². The highest BCUT2D eigenvalue weighted by Gasteiger charge is 2.30. The summed E-state index contributed by atoms with van der Waals surface area (Å²) in [5.41, 5.74) is 3.26. The predicted octanol–water partition coefficient (Wildman–Crippen LogP) is 5.57. The van der Waals surface area contributed by atoms with Gasteiger partial charge < -0.3 is 14.8 Å². The molecule has 0 spiro atoms. The second-order valence-electron chi connectivity index (χ2n) is 7.51. The van der Waals surface area contributed by atoms with Crippen molar-refractivity contribution in [3.05, 3.63) is 87.4 Å². The molecule has 0 aliphatic carbocycles. The van der Waals surface area contributed by atoms with E-state index in [9.17, 15) is 22.8 Å². The maximum absolute atomic E-state index is 12.8. The Morgan fingerprint density at radius 2 is 1.81 bits per heavy atom. The number of aryl methyl sites for hydroxylation is 1. The van der Waals surface area contributed by atoms with Crippen molar-refractivity contribution >= 4 is 39.6 Å². The van der Waals surface area contributed by atoms with Crippen molar-refractivity contribution in [3.63, 3.8) is 0 Å². The molecule has 3 aromatic carbocycles.